The molecule has 2 unspecified atom stereocenters. The zero-order valence-electron chi connectivity index (χ0n) is 7.07. The molecule has 3 aliphatic carbocycles. The highest BCUT2D eigenvalue weighted by Gasteiger charge is 2.56. The van der Waals surface area contributed by atoms with Crippen molar-refractivity contribution in [1.29, 1.82) is 0 Å². The highest BCUT2D eigenvalue weighted by atomic mass is 14.5. The van der Waals surface area contributed by atoms with Crippen LogP contribution in [0.25, 0.3) is 0 Å². The lowest BCUT2D eigenvalue weighted by Crippen LogP contribution is -2.47. The second-order valence-electron chi connectivity index (χ2n) is 4.37. The van der Waals surface area contributed by atoms with Gasteiger partial charge in [0, 0.05) is 18.8 Å². The van der Waals surface area contributed by atoms with Gasteiger partial charge in [-0.3, -0.25) is 0 Å². The van der Waals surface area contributed by atoms with Crippen LogP contribution in [-0.4, -0.2) is 0 Å². The zero-order chi connectivity index (χ0) is 7.35. The van der Waals surface area contributed by atoms with Gasteiger partial charge in [-0.05, 0) is 11.8 Å². The predicted octanol–water partition coefficient (Wildman–Crippen LogP) is 2.80. The van der Waals surface area contributed by atoms with Crippen molar-refractivity contribution >= 4 is 0 Å². The van der Waals surface area contributed by atoms with Crippen molar-refractivity contribution in [3.8, 4) is 0 Å². The van der Waals surface area contributed by atoms with Crippen molar-refractivity contribution < 1.29 is 0 Å². The molecule has 0 aromatic rings. The summed E-state index contributed by atoms with van der Waals surface area (Å²) < 4.78 is 0. The lowest BCUT2D eigenvalue weighted by atomic mass is 9.49. The molecule has 0 aromatic carbocycles. The highest BCUT2D eigenvalue weighted by Crippen LogP contribution is 2.58. The summed E-state index contributed by atoms with van der Waals surface area (Å²) in [6.45, 7) is 7.04. The molecule has 0 radical (unpaired) electrons. The first-order valence-electron chi connectivity index (χ1n) is 4.19. The van der Waals surface area contributed by atoms with Gasteiger partial charge in [-0.15, -0.1) is 0 Å². The Kier molecular flexibility index (Phi) is 1.03. The maximum Gasteiger partial charge on any atom is 0.221 e. The Labute approximate surface area is 63.3 Å². The second-order valence-corrected chi connectivity index (χ2v) is 4.37. The molecule has 0 heteroatoms. The third-order valence-corrected chi connectivity index (χ3v) is 3.62. The van der Waals surface area contributed by atoms with Gasteiger partial charge in [0.05, 0.1) is 0 Å². The Morgan fingerprint density at radius 2 is 2.20 bits per heavy atom. The van der Waals surface area contributed by atoms with Crippen LogP contribution >= 0.6 is 0 Å². The number of hydrogen-bond donors (Lipinski definition) is 0. The van der Waals surface area contributed by atoms with E-state index in [9.17, 15) is 0 Å². The van der Waals surface area contributed by atoms with Crippen molar-refractivity contribution in [3.05, 3.63) is 11.6 Å². The van der Waals surface area contributed by atoms with Crippen molar-refractivity contribution in [2.45, 2.75) is 33.6 Å². The predicted molar refractivity (Wildman–Crippen MR) is 42.4 cm³/mol. The molecule has 2 atom stereocenters. The molecule has 1 fully saturated rings. The van der Waals surface area contributed by atoms with E-state index in [2.05, 4.69) is 26.8 Å². The van der Waals surface area contributed by atoms with Crippen LogP contribution in [-0.2, 0) is 0 Å². The fraction of sp³-hybridized carbons (Fsp3) is 0.800. The van der Waals surface area contributed by atoms with Crippen LogP contribution in [0.1, 0.15) is 33.6 Å². The van der Waals surface area contributed by atoms with Gasteiger partial charge in [-0.1, -0.05) is 13.8 Å². The van der Waals surface area contributed by atoms with Gasteiger partial charge in [0.25, 0.3) is 0 Å². The average molecular weight is 135 g/mol. The third-order valence-electron chi connectivity index (χ3n) is 3.62. The summed E-state index contributed by atoms with van der Waals surface area (Å²) in [4.78, 5) is 0. The van der Waals surface area contributed by atoms with E-state index >= 15 is 0 Å². The Morgan fingerprint density at radius 1 is 1.50 bits per heavy atom. The third kappa shape index (κ3) is 0.557. The van der Waals surface area contributed by atoms with Crippen LogP contribution in [0.5, 0.6) is 0 Å². The summed E-state index contributed by atoms with van der Waals surface area (Å²) in [6, 6.07) is 0. The molecule has 0 amide bonds. The molecule has 2 bridgehead atoms. The van der Waals surface area contributed by atoms with Crippen LogP contribution in [0.2, 0.25) is 0 Å². The van der Waals surface area contributed by atoms with E-state index in [-0.39, 0.29) is 0 Å². The smallest absolute Gasteiger partial charge is 0.0587 e. The lowest BCUT2D eigenvalue weighted by molar-refractivity contribution is -0.00845. The molecule has 3 rings (SSSR count). The molecule has 54 valence electrons. The van der Waals surface area contributed by atoms with Crippen molar-refractivity contribution in [3.63, 3.8) is 0 Å². The SMILES string of the molecule is CC1=[C+]CC2CC1C2(C)C. The molecule has 0 N–H and O–H groups in total. The van der Waals surface area contributed by atoms with Crippen LogP contribution in [0, 0.1) is 23.3 Å². The van der Waals surface area contributed by atoms with Gasteiger partial charge in [0.2, 0.25) is 6.08 Å². The summed E-state index contributed by atoms with van der Waals surface area (Å²) in [5, 5.41) is 0. The molecule has 0 nitrogen and oxygen atoms in total. The van der Waals surface area contributed by atoms with Crippen molar-refractivity contribution in [2.75, 3.05) is 0 Å². The largest absolute Gasteiger partial charge is 0.221 e. The molecule has 0 aliphatic heterocycles. The minimum Gasteiger partial charge on any atom is -0.0587 e. The molecular formula is C10H15+. The van der Waals surface area contributed by atoms with Crippen LogP contribution in [0.15, 0.2) is 5.57 Å². The Morgan fingerprint density at radius 3 is 2.50 bits per heavy atom. The van der Waals surface area contributed by atoms with E-state index in [0.717, 1.165) is 11.8 Å². The first-order valence-corrected chi connectivity index (χ1v) is 4.19. The van der Waals surface area contributed by atoms with E-state index in [1.165, 1.54) is 18.4 Å². The summed E-state index contributed by atoms with van der Waals surface area (Å²) in [5.74, 6) is 1.81. The number of allylic oxidation sites excluding steroid dienone is 2. The van der Waals surface area contributed by atoms with Gasteiger partial charge in [-0.25, -0.2) is 0 Å². The summed E-state index contributed by atoms with van der Waals surface area (Å²) in [7, 11) is 0. The summed E-state index contributed by atoms with van der Waals surface area (Å²) in [6.07, 6.45) is 6.11. The van der Waals surface area contributed by atoms with E-state index in [1.54, 1.807) is 0 Å². The summed E-state index contributed by atoms with van der Waals surface area (Å²) >= 11 is 0. The normalized spacial score (nSPS) is 41.3. The topological polar surface area (TPSA) is 0 Å². The Hall–Kier alpha value is -0.350. The maximum atomic E-state index is 3.45. The standard InChI is InChI=1S/C10H15/c1-7-4-5-8-6-9(7)10(8,2)3/h8-9H,5-6H2,1-3H3/q+1. The van der Waals surface area contributed by atoms with Crippen LogP contribution in [0.3, 0.4) is 0 Å². The van der Waals surface area contributed by atoms with Crippen molar-refractivity contribution in [1.82, 2.24) is 0 Å². The monoisotopic (exact) mass is 135 g/mol. The lowest BCUT2D eigenvalue weighted by Gasteiger charge is -2.50. The van der Waals surface area contributed by atoms with Gasteiger partial charge in [0.1, 0.15) is 0 Å². The number of hydrogen-bond acceptors (Lipinski definition) is 0. The van der Waals surface area contributed by atoms with Gasteiger partial charge >= 0.3 is 0 Å². The van der Waals surface area contributed by atoms with E-state index in [4.69, 9.17) is 0 Å². The molecule has 10 heavy (non-hydrogen) atoms. The maximum absolute atomic E-state index is 3.45. The van der Waals surface area contributed by atoms with Crippen LogP contribution < -0.4 is 0 Å². The van der Waals surface area contributed by atoms with Gasteiger partial charge < -0.3 is 0 Å². The van der Waals surface area contributed by atoms with E-state index in [1.807, 2.05) is 0 Å². The average Bonchev–Trinajstić information content (AvgIpc) is 1.87. The molecule has 0 aromatic heterocycles. The van der Waals surface area contributed by atoms with E-state index < -0.39 is 0 Å². The fourth-order valence-electron chi connectivity index (χ4n) is 2.50. The molecule has 0 spiro atoms. The zero-order valence-corrected chi connectivity index (χ0v) is 7.07. The summed E-state index contributed by atoms with van der Waals surface area (Å²) in [5.41, 5.74) is 2.13. The Bertz CT molecular complexity index is 186. The molecular weight excluding hydrogens is 120 g/mol. The molecule has 0 saturated heterocycles. The second kappa shape index (κ2) is 1.62. The van der Waals surface area contributed by atoms with Gasteiger partial charge in [0.15, 0.2) is 12.0 Å². The quantitative estimate of drug-likeness (QED) is 0.448. The van der Waals surface area contributed by atoms with Gasteiger partial charge in [-0.2, -0.15) is 0 Å². The molecule has 1 saturated carbocycles. The number of rotatable bonds is 0. The minimum atomic E-state index is 0.606. The molecule has 0 heterocycles. The highest BCUT2D eigenvalue weighted by molar-refractivity contribution is 5.18. The Balaban J connectivity index is 2.30. The molecule has 3 aliphatic rings. The van der Waals surface area contributed by atoms with E-state index in [0.29, 0.717) is 5.41 Å². The first-order chi connectivity index (χ1) is 4.62. The number of fused-ring (bicyclic) bond motifs is 1. The fourth-order valence-corrected chi connectivity index (χ4v) is 2.50. The van der Waals surface area contributed by atoms with Crippen LogP contribution in [0.4, 0.5) is 0 Å². The van der Waals surface area contributed by atoms with Crippen molar-refractivity contribution in [2.24, 2.45) is 17.3 Å². The minimum absolute atomic E-state index is 0.606. The first kappa shape index (κ1) is 6.37.